The minimum Gasteiger partial charge on any atom is -0.463 e. The molecule has 4 heteroatoms. The fourth-order valence-corrected chi connectivity index (χ4v) is 2.10. The first-order valence-electron chi connectivity index (χ1n) is 8.16. The van der Waals surface area contributed by atoms with Crippen LogP contribution >= 0.6 is 0 Å². The lowest BCUT2D eigenvalue weighted by atomic mass is 10.0. The standard InChI is InChI=1S/C18H31NO3/c1-5-7-9-11-17(20)19-16(13-15(3)4)14-22-18(21)12-10-8-6-2/h5-6,15-16H,1-2,7-14H2,3-4H3,(H,19,20)/t16-/m0/s1. The zero-order valence-electron chi connectivity index (χ0n) is 14.1. The summed E-state index contributed by atoms with van der Waals surface area (Å²) in [5, 5.41) is 2.96. The number of amides is 1. The van der Waals surface area contributed by atoms with Gasteiger partial charge in [-0.05, 0) is 38.0 Å². The van der Waals surface area contributed by atoms with Crippen molar-refractivity contribution >= 4 is 11.9 Å². The zero-order valence-corrected chi connectivity index (χ0v) is 14.1. The quantitative estimate of drug-likeness (QED) is 0.320. The van der Waals surface area contributed by atoms with Gasteiger partial charge in [0.05, 0.1) is 6.04 Å². The number of nitrogens with one attached hydrogen (secondary N) is 1. The van der Waals surface area contributed by atoms with Crippen molar-refractivity contribution in [2.24, 2.45) is 5.92 Å². The van der Waals surface area contributed by atoms with Crippen molar-refractivity contribution in [3.63, 3.8) is 0 Å². The van der Waals surface area contributed by atoms with Crippen molar-refractivity contribution in [1.82, 2.24) is 5.32 Å². The highest BCUT2D eigenvalue weighted by atomic mass is 16.5. The first-order valence-corrected chi connectivity index (χ1v) is 8.16. The summed E-state index contributed by atoms with van der Waals surface area (Å²) in [5.41, 5.74) is 0. The summed E-state index contributed by atoms with van der Waals surface area (Å²) in [4.78, 5) is 23.5. The van der Waals surface area contributed by atoms with Crippen LogP contribution in [0.1, 0.15) is 58.8 Å². The fourth-order valence-electron chi connectivity index (χ4n) is 2.10. The van der Waals surface area contributed by atoms with Crippen molar-refractivity contribution in [1.29, 1.82) is 0 Å². The predicted octanol–water partition coefficient (Wildman–Crippen LogP) is 3.77. The van der Waals surface area contributed by atoms with Gasteiger partial charge in [0.25, 0.3) is 0 Å². The Hall–Kier alpha value is -1.58. The van der Waals surface area contributed by atoms with Gasteiger partial charge in [-0.15, -0.1) is 13.2 Å². The molecule has 0 heterocycles. The molecule has 0 aromatic rings. The van der Waals surface area contributed by atoms with Crippen LogP contribution < -0.4 is 5.32 Å². The van der Waals surface area contributed by atoms with Gasteiger partial charge in [-0.25, -0.2) is 0 Å². The number of carbonyl (C=O) groups is 2. The summed E-state index contributed by atoms with van der Waals surface area (Å²) in [6.45, 7) is 11.7. The number of carbonyl (C=O) groups excluding carboxylic acids is 2. The molecule has 1 amide bonds. The average Bonchev–Trinajstić information content (AvgIpc) is 2.45. The fraction of sp³-hybridized carbons (Fsp3) is 0.667. The lowest BCUT2D eigenvalue weighted by Gasteiger charge is -2.20. The molecule has 4 nitrogen and oxygen atoms in total. The molecule has 0 saturated heterocycles. The molecule has 22 heavy (non-hydrogen) atoms. The van der Waals surface area contributed by atoms with Crippen molar-refractivity contribution in [2.45, 2.75) is 64.8 Å². The molecule has 0 radical (unpaired) electrons. The number of unbranched alkanes of at least 4 members (excludes halogenated alkanes) is 2. The maximum Gasteiger partial charge on any atom is 0.305 e. The number of hydrogen-bond acceptors (Lipinski definition) is 3. The summed E-state index contributed by atoms with van der Waals surface area (Å²) < 4.78 is 5.27. The van der Waals surface area contributed by atoms with Gasteiger partial charge in [0, 0.05) is 12.8 Å². The highest BCUT2D eigenvalue weighted by Gasteiger charge is 2.16. The zero-order chi connectivity index (χ0) is 16.8. The van der Waals surface area contributed by atoms with Crippen LogP contribution in [0.5, 0.6) is 0 Å². The second kappa shape index (κ2) is 13.1. The van der Waals surface area contributed by atoms with E-state index in [-0.39, 0.29) is 24.5 Å². The van der Waals surface area contributed by atoms with Crippen LogP contribution in [0.25, 0.3) is 0 Å². The SMILES string of the molecule is C=CCCCC(=O)N[C@H](COC(=O)CCCC=C)CC(C)C. The first-order chi connectivity index (χ1) is 10.5. The van der Waals surface area contributed by atoms with E-state index in [0.717, 1.165) is 32.1 Å². The van der Waals surface area contributed by atoms with Crippen LogP contribution in [0, 0.1) is 5.92 Å². The Bertz CT molecular complexity index is 350. The smallest absolute Gasteiger partial charge is 0.305 e. The molecule has 0 aliphatic carbocycles. The monoisotopic (exact) mass is 309 g/mol. The maximum atomic E-state index is 11.9. The van der Waals surface area contributed by atoms with Gasteiger partial charge in [-0.3, -0.25) is 9.59 Å². The van der Waals surface area contributed by atoms with Crippen LogP contribution in [0.15, 0.2) is 25.3 Å². The van der Waals surface area contributed by atoms with Crippen LogP contribution in [0.3, 0.4) is 0 Å². The molecular formula is C18H31NO3. The Kier molecular flexibility index (Phi) is 12.2. The summed E-state index contributed by atoms with van der Waals surface area (Å²) in [6.07, 6.45) is 8.47. The third kappa shape index (κ3) is 12.2. The number of hydrogen-bond donors (Lipinski definition) is 1. The molecule has 0 unspecified atom stereocenters. The largest absolute Gasteiger partial charge is 0.463 e. The van der Waals surface area contributed by atoms with Crippen molar-refractivity contribution in [3.8, 4) is 0 Å². The van der Waals surface area contributed by atoms with Gasteiger partial charge < -0.3 is 10.1 Å². The Labute approximate surface area is 135 Å². The molecule has 0 bridgehead atoms. The van der Waals surface area contributed by atoms with E-state index >= 15 is 0 Å². The van der Waals surface area contributed by atoms with Crippen LogP contribution in [-0.2, 0) is 14.3 Å². The number of ether oxygens (including phenoxy) is 1. The summed E-state index contributed by atoms with van der Waals surface area (Å²) in [6, 6.07) is -0.111. The molecule has 0 aliphatic rings. The molecule has 0 fully saturated rings. The van der Waals surface area contributed by atoms with E-state index in [0.29, 0.717) is 18.8 Å². The second-order valence-corrected chi connectivity index (χ2v) is 5.94. The third-order valence-corrected chi connectivity index (χ3v) is 3.17. The molecule has 0 aromatic carbocycles. The lowest BCUT2D eigenvalue weighted by Crippen LogP contribution is -2.39. The third-order valence-electron chi connectivity index (χ3n) is 3.17. The topological polar surface area (TPSA) is 55.4 Å². The second-order valence-electron chi connectivity index (χ2n) is 5.94. The van der Waals surface area contributed by atoms with E-state index in [2.05, 4.69) is 32.3 Å². The molecule has 1 atom stereocenters. The number of rotatable bonds is 13. The molecule has 0 saturated carbocycles. The maximum absolute atomic E-state index is 11.9. The molecule has 0 aliphatic heterocycles. The van der Waals surface area contributed by atoms with Gasteiger partial charge in [0.2, 0.25) is 5.91 Å². The minimum atomic E-state index is -0.212. The molecule has 126 valence electrons. The van der Waals surface area contributed by atoms with Crippen molar-refractivity contribution in [2.75, 3.05) is 6.61 Å². The molecule has 1 N–H and O–H groups in total. The molecule has 0 rings (SSSR count). The molecule has 0 aromatic heterocycles. The predicted molar refractivity (Wildman–Crippen MR) is 90.4 cm³/mol. The van der Waals surface area contributed by atoms with Crippen molar-refractivity contribution < 1.29 is 14.3 Å². The van der Waals surface area contributed by atoms with Gasteiger partial charge >= 0.3 is 5.97 Å². The highest BCUT2D eigenvalue weighted by molar-refractivity contribution is 5.76. The van der Waals surface area contributed by atoms with E-state index in [1.165, 1.54) is 0 Å². The van der Waals surface area contributed by atoms with Gasteiger partial charge in [-0.2, -0.15) is 0 Å². The van der Waals surface area contributed by atoms with E-state index in [9.17, 15) is 9.59 Å². The Morgan fingerprint density at radius 2 is 1.68 bits per heavy atom. The van der Waals surface area contributed by atoms with Crippen LogP contribution in [0.4, 0.5) is 0 Å². The summed E-state index contributed by atoms with van der Waals surface area (Å²) in [5.74, 6) is 0.227. The Morgan fingerprint density at radius 1 is 1.09 bits per heavy atom. The Balaban J connectivity index is 4.15. The van der Waals surface area contributed by atoms with Gasteiger partial charge in [-0.1, -0.05) is 26.0 Å². The minimum absolute atomic E-state index is 0.00945. The van der Waals surface area contributed by atoms with E-state index < -0.39 is 0 Å². The van der Waals surface area contributed by atoms with Crippen LogP contribution in [0.2, 0.25) is 0 Å². The van der Waals surface area contributed by atoms with E-state index in [4.69, 9.17) is 4.74 Å². The Morgan fingerprint density at radius 3 is 2.23 bits per heavy atom. The molecule has 0 spiro atoms. The lowest BCUT2D eigenvalue weighted by molar-refractivity contribution is -0.145. The van der Waals surface area contributed by atoms with Gasteiger partial charge in [0.1, 0.15) is 6.61 Å². The highest BCUT2D eigenvalue weighted by Crippen LogP contribution is 2.07. The summed E-state index contributed by atoms with van der Waals surface area (Å²) >= 11 is 0. The average molecular weight is 309 g/mol. The van der Waals surface area contributed by atoms with Gasteiger partial charge in [0.15, 0.2) is 0 Å². The summed E-state index contributed by atoms with van der Waals surface area (Å²) in [7, 11) is 0. The van der Waals surface area contributed by atoms with E-state index in [1.54, 1.807) is 6.08 Å². The van der Waals surface area contributed by atoms with Crippen LogP contribution in [-0.4, -0.2) is 24.5 Å². The van der Waals surface area contributed by atoms with E-state index in [1.807, 2.05) is 6.08 Å². The normalized spacial score (nSPS) is 11.8. The number of esters is 1. The first kappa shape index (κ1) is 20.4. The number of allylic oxidation sites excluding steroid dienone is 2. The van der Waals surface area contributed by atoms with Crippen molar-refractivity contribution in [3.05, 3.63) is 25.3 Å². The molecular weight excluding hydrogens is 278 g/mol.